The third kappa shape index (κ3) is 3.22. The van der Waals surface area contributed by atoms with E-state index in [0.29, 0.717) is 42.3 Å². The van der Waals surface area contributed by atoms with E-state index in [0.717, 1.165) is 11.1 Å². The number of nitrogens with one attached hydrogen (secondary N) is 1. The number of piperidine rings is 1. The van der Waals surface area contributed by atoms with Gasteiger partial charge in [-0.2, -0.15) is 0 Å². The molecule has 0 saturated carbocycles. The second-order valence-corrected chi connectivity index (χ2v) is 7.50. The summed E-state index contributed by atoms with van der Waals surface area (Å²) in [6.45, 7) is 3.07. The van der Waals surface area contributed by atoms with E-state index in [1.807, 2.05) is 17.9 Å². The smallest absolute Gasteiger partial charge is 0.354 e. The van der Waals surface area contributed by atoms with Crippen LogP contribution in [-0.2, 0) is 0 Å². The molecule has 3 aromatic heterocycles. The van der Waals surface area contributed by atoms with E-state index in [9.17, 15) is 9.59 Å². The van der Waals surface area contributed by atoms with Gasteiger partial charge in [0, 0.05) is 42.5 Å². The minimum Gasteiger partial charge on any atom is -0.477 e. The van der Waals surface area contributed by atoms with Crippen LogP contribution in [0.2, 0.25) is 10.3 Å². The standard InChI is InChI=1S/C18H17Cl2N5O3/c1-9-14(19)11-4-7-25(16(26)15(11)21-9)10-2-5-24(6-3-10)13-8-12(17(27)28)22-18(20)23-13/h4,7-8,10,21H,2-3,5-6H2,1H3,(H,27,28). The predicted molar refractivity (Wildman–Crippen MR) is 107 cm³/mol. The van der Waals surface area contributed by atoms with Crippen molar-refractivity contribution in [3.05, 3.63) is 50.4 Å². The molecule has 0 bridgehead atoms. The summed E-state index contributed by atoms with van der Waals surface area (Å²) in [6, 6.07) is 3.31. The minimum atomic E-state index is -1.15. The zero-order valence-corrected chi connectivity index (χ0v) is 16.5. The largest absolute Gasteiger partial charge is 0.477 e. The van der Waals surface area contributed by atoms with Gasteiger partial charge in [0.2, 0.25) is 5.28 Å². The Balaban J connectivity index is 1.57. The quantitative estimate of drug-likeness (QED) is 0.628. The zero-order chi connectivity index (χ0) is 20.0. The van der Waals surface area contributed by atoms with Gasteiger partial charge in [-0.1, -0.05) is 11.6 Å². The second-order valence-electron chi connectivity index (χ2n) is 6.78. The lowest BCUT2D eigenvalue weighted by molar-refractivity contribution is 0.0690. The Hall–Kier alpha value is -2.58. The van der Waals surface area contributed by atoms with Crippen LogP contribution in [0.15, 0.2) is 23.1 Å². The fourth-order valence-corrected chi connectivity index (χ4v) is 4.02. The highest BCUT2D eigenvalue weighted by Gasteiger charge is 2.24. The van der Waals surface area contributed by atoms with Crippen molar-refractivity contribution in [2.75, 3.05) is 18.0 Å². The molecule has 0 aromatic carbocycles. The highest BCUT2D eigenvalue weighted by Crippen LogP contribution is 2.28. The molecule has 2 N–H and O–H groups in total. The van der Waals surface area contributed by atoms with E-state index in [2.05, 4.69) is 15.0 Å². The number of pyridine rings is 1. The summed E-state index contributed by atoms with van der Waals surface area (Å²) >= 11 is 12.1. The molecule has 0 amide bonds. The van der Waals surface area contributed by atoms with Gasteiger partial charge in [-0.05, 0) is 37.4 Å². The van der Waals surface area contributed by atoms with Crippen LogP contribution in [0, 0.1) is 6.92 Å². The van der Waals surface area contributed by atoms with E-state index >= 15 is 0 Å². The van der Waals surface area contributed by atoms with Crippen LogP contribution in [0.25, 0.3) is 10.9 Å². The lowest BCUT2D eigenvalue weighted by Gasteiger charge is -2.33. The van der Waals surface area contributed by atoms with E-state index in [-0.39, 0.29) is 22.6 Å². The number of aromatic amines is 1. The first-order valence-electron chi connectivity index (χ1n) is 8.77. The average molecular weight is 422 g/mol. The molecule has 28 heavy (non-hydrogen) atoms. The van der Waals surface area contributed by atoms with Crippen LogP contribution in [-0.4, -0.2) is 43.7 Å². The number of H-pyrrole nitrogens is 1. The van der Waals surface area contributed by atoms with Gasteiger partial charge in [0.1, 0.15) is 11.3 Å². The lowest BCUT2D eigenvalue weighted by atomic mass is 10.0. The van der Waals surface area contributed by atoms with Gasteiger partial charge in [0.25, 0.3) is 5.56 Å². The summed E-state index contributed by atoms with van der Waals surface area (Å²) in [7, 11) is 0. The summed E-state index contributed by atoms with van der Waals surface area (Å²) in [6.07, 6.45) is 3.21. The molecule has 0 unspecified atom stereocenters. The Kier molecular flexibility index (Phi) is 4.76. The summed E-state index contributed by atoms with van der Waals surface area (Å²) in [5, 5.41) is 10.3. The van der Waals surface area contributed by atoms with Gasteiger partial charge in [-0.25, -0.2) is 14.8 Å². The predicted octanol–water partition coefficient (Wildman–Crippen LogP) is 3.27. The summed E-state index contributed by atoms with van der Waals surface area (Å²) in [4.78, 5) is 36.9. The van der Waals surface area contributed by atoms with Gasteiger partial charge >= 0.3 is 5.97 Å². The van der Waals surface area contributed by atoms with Crippen LogP contribution >= 0.6 is 23.2 Å². The molecule has 4 rings (SSSR count). The first-order valence-corrected chi connectivity index (χ1v) is 9.52. The van der Waals surface area contributed by atoms with E-state index in [4.69, 9.17) is 28.3 Å². The SMILES string of the molecule is Cc1[nH]c2c(=O)n(C3CCN(c4cc(C(=O)O)nc(Cl)n4)CC3)ccc2c1Cl. The molecular formula is C18H17Cl2N5O3. The fourth-order valence-electron chi connectivity index (χ4n) is 3.64. The minimum absolute atomic E-state index is 0.0341. The first kappa shape index (κ1) is 18.8. The van der Waals surface area contributed by atoms with E-state index in [1.165, 1.54) is 6.07 Å². The Morgan fingerprint density at radius 2 is 2.00 bits per heavy atom. The van der Waals surface area contributed by atoms with Gasteiger partial charge in [0.15, 0.2) is 5.69 Å². The Bertz CT molecular complexity index is 1130. The van der Waals surface area contributed by atoms with Crippen molar-refractivity contribution in [3.63, 3.8) is 0 Å². The average Bonchev–Trinajstić information content (AvgIpc) is 2.97. The number of halogens is 2. The number of carbonyl (C=O) groups is 1. The molecule has 0 spiro atoms. The van der Waals surface area contributed by atoms with Crippen LogP contribution in [0.4, 0.5) is 5.82 Å². The summed E-state index contributed by atoms with van der Waals surface area (Å²) < 4.78 is 1.74. The van der Waals surface area contributed by atoms with Crippen molar-refractivity contribution >= 4 is 45.9 Å². The maximum Gasteiger partial charge on any atom is 0.354 e. The molecular weight excluding hydrogens is 405 g/mol. The topological polar surface area (TPSA) is 104 Å². The molecule has 1 aliphatic heterocycles. The molecule has 1 fully saturated rings. The molecule has 8 nitrogen and oxygen atoms in total. The monoisotopic (exact) mass is 421 g/mol. The number of hydrogen-bond acceptors (Lipinski definition) is 5. The number of fused-ring (bicyclic) bond motifs is 1. The molecule has 10 heteroatoms. The normalized spacial score (nSPS) is 15.3. The van der Waals surface area contributed by atoms with Gasteiger partial charge < -0.3 is 19.6 Å². The number of carboxylic acid groups (broad SMARTS) is 1. The molecule has 0 radical (unpaired) electrons. The molecule has 1 aliphatic rings. The Morgan fingerprint density at radius 1 is 1.29 bits per heavy atom. The number of hydrogen-bond donors (Lipinski definition) is 2. The molecule has 0 atom stereocenters. The lowest BCUT2D eigenvalue weighted by Crippen LogP contribution is -2.38. The number of anilines is 1. The number of aromatic nitrogens is 4. The molecule has 3 aromatic rings. The third-order valence-corrected chi connectivity index (χ3v) is 5.74. The maximum absolute atomic E-state index is 12.9. The Labute approximate surface area is 169 Å². The highest BCUT2D eigenvalue weighted by atomic mass is 35.5. The van der Waals surface area contributed by atoms with E-state index < -0.39 is 5.97 Å². The number of aromatic carboxylic acids is 1. The third-order valence-electron chi connectivity index (χ3n) is 5.08. The highest BCUT2D eigenvalue weighted by molar-refractivity contribution is 6.36. The van der Waals surface area contributed by atoms with Crippen LogP contribution in [0.5, 0.6) is 0 Å². The Morgan fingerprint density at radius 3 is 2.68 bits per heavy atom. The van der Waals surface area contributed by atoms with Crippen molar-refractivity contribution in [3.8, 4) is 0 Å². The van der Waals surface area contributed by atoms with E-state index in [1.54, 1.807) is 10.8 Å². The maximum atomic E-state index is 12.9. The van der Waals surface area contributed by atoms with Crippen LogP contribution in [0.1, 0.15) is 35.1 Å². The number of rotatable bonds is 3. The van der Waals surface area contributed by atoms with Crippen LogP contribution in [0.3, 0.4) is 0 Å². The van der Waals surface area contributed by atoms with Crippen molar-refractivity contribution in [2.45, 2.75) is 25.8 Å². The fraction of sp³-hybridized carbons (Fsp3) is 0.333. The van der Waals surface area contributed by atoms with Crippen molar-refractivity contribution < 1.29 is 9.90 Å². The zero-order valence-electron chi connectivity index (χ0n) is 14.9. The van der Waals surface area contributed by atoms with Crippen LogP contribution < -0.4 is 10.5 Å². The molecule has 4 heterocycles. The van der Waals surface area contributed by atoms with Gasteiger partial charge in [-0.3, -0.25) is 4.79 Å². The summed E-state index contributed by atoms with van der Waals surface area (Å²) in [5.41, 5.74) is 1.05. The molecule has 0 aliphatic carbocycles. The van der Waals surface area contributed by atoms with Crippen molar-refractivity contribution in [2.24, 2.45) is 0 Å². The number of carboxylic acids is 1. The molecule has 146 valence electrons. The van der Waals surface area contributed by atoms with Crippen molar-refractivity contribution in [1.82, 2.24) is 19.5 Å². The number of aryl methyl sites for hydroxylation is 1. The van der Waals surface area contributed by atoms with Gasteiger partial charge in [0.05, 0.1) is 5.02 Å². The number of nitrogens with zero attached hydrogens (tertiary/aromatic N) is 4. The summed E-state index contributed by atoms with van der Waals surface area (Å²) in [5.74, 6) is -0.675. The molecule has 1 saturated heterocycles. The van der Waals surface area contributed by atoms with Gasteiger partial charge in [-0.15, -0.1) is 0 Å². The first-order chi connectivity index (χ1) is 13.3. The van der Waals surface area contributed by atoms with Crippen molar-refractivity contribution in [1.29, 1.82) is 0 Å². The second kappa shape index (κ2) is 7.10.